The maximum atomic E-state index is 12.2. The maximum absolute atomic E-state index is 12.2. The number of hydrogen-bond acceptors (Lipinski definition) is 4. The van der Waals surface area contributed by atoms with Crippen molar-refractivity contribution in [2.45, 2.75) is 37.1 Å². The second kappa shape index (κ2) is 7.41. The Hall–Kier alpha value is -1.62. The largest absolute Gasteiger partial charge is 0.480 e. The number of rotatable bonds is 7. The van der Waals surface area contributed by atoms with Gasteiger partial charge in [-0.2, -0.15) is 9.98 Å². The van der Waals surface area contributed by atoms with E-state index in [1.165, 1.54) is 12.1 Å². The zero-order valence-corrected chi connectivity index (χ0v) is 12.9. The lowest BCUT2D eigenvalue weighted by molar-refractivity contribution is -0.139. The molecule has 2 N–H and O–H groups in total. The lowest BCUT2D eigenvalue weighted by Gasteiger charge is -2.15. The highest BCUT2D eigenvalue weighted by molar-refractivity contribution is 7.89. The van der Waals surface area contributed by atoms with Crippen molar-refractivity contribution >= 4 is 27.6 Å². The molecule has 1 unspecified atom stereocenters. The molecule has 0 saturated heterocycles. The highest BCUT2D eigenvalue weighted by Crippen LogP contribution is 2.23. The van der Waals surface area contributed by atoms with Crippen LogP contribution in [-0.2, 0) is 14.8 Å². The summed E-state index contributed by atoms with van der Waals surface area (Å²) in [6.07, 6.45) is 1.50. The standard InChI is InChI=1S/C13H15ClN2O4S/c1-2-3-4-11(13(17)18)16-21(19,20)12-7-9(8-15)5-6-10(12)14/h5-7,11,16H,2-4H2,1H3,(H,17,18). The first-order chi connectivity index (χ1) is 9.81. The summed E-state index contributed by atoms with van der Waals surface area (Å²) in [4.78, 5) is 10.8. The minimum absolute atomic E-state index is 0.0684. The number of halogens is 1. The van der Waals surface area contributed by atoms with E-state index in [0.717, 1.165) is 12.5 Å². The molecule has 0 bridgehead atoms. The second-order valence-corrected chi connectivity index (χ2v) is 6.50. The highest BCUT2D eigenvalue weighted by Gasteiger charge is 2.26. The Morgan fingerprint density at radius 3 is 2.71 bits per heavy atom. The first-order valence-corrected chi connectivity index (χ1v) is 8.12. The minimum Gasteiger partial charge on any atom is -0.480 e. The number of nitriles is 1. The molecule has 6 nitrogen and oxygen atoms in total. The van der Waals surface area contributed by atoms with Crippen LogP contribution in [0.4, 0.5) is 0 Å². The molecule has 0 aliphatic carbocycles. The molecule has 0 radical (unpaired) electrons. The molecule has 1 aromatic carbocycles. The van der Waals surface area contributed by atoms with Crippen molar-refractivity contribution in [1.29, 1.82) is 5.26 Å². The molecule has 8 heteroatoms. The molecule has 114 valence electrons. The number of carboxylic acid groups (broad SMARTS) is 1. The molecule has 0 aliphatic heterocycles. The van der Waals surface area contributed by atoms with Crippen LogP contribution < -0.4 is 4.72 Å². The van der Waals surface area contributed by atoms with E-state index < -0.39 is 22.0 Å². The van der Waals surface area contributed by atoms with Crippen molar-refractivity contribution in [1.82, 2.24) is 4.72 Å². The SMILES string of the molecule is CCCCC(NS(=O)(=O)c1cc(C#N)ccc1Cl)C(=O)O. The van der Waals surface area contributed by atoms with Crippen LogP contribution >= 0.6 is 11.6 Å². The summed E-state index contributed by atoms with van der Waals surface area (Å²) in [6.45, 7) is 1.88. The van der Waals surface area contributed by atoms with Gasteiger partial charge in [0, 0.05) is 0 Å². The highest BCUT2D eigenvalue weighted by atomic mass is 35.5. The molecule has 0 spiro atoms. The summed E-state index contributed by atoms with van der Waals surface area (Å²) in [5.74, 6) is -1.25. The predicted octanol–water partition coefficient (Wildman–Crippen LogP) is 2.13. The van der Waals surface area contributed by atoms with Gasteiger partial charge >= 0.3 is 5.97 Å². The first-order valence-electron chi connectivity index (χ1n) is 6.26. The number of nitrogens with one attached hydrogen (secondary N) is 1. The maximum Gasteiger partial charge on any atom is 0.321 e. The van der Waals surface area contributed by atoms with Crippen molar-refractivity contribution in [3.63, 3.8) is 0 Å². The van der Waals surface area contributed by atoms with Gasteiger partial charge < -0.3 is 5.11 Å². The summed E-state index contributed by atoms with van der Waals surface area (Å²) >= 11 is 5.83. The van der Waals surface area contributed by atoms with E-state index in [-0.39, 0.29) is 21.9 Å². The van der Waals surface area contributed by atoms with E-state index in [1.807, 2.05) is 13.0 Å². The third-order valence-electron chi connectivity index (χ3n) is 2.79. The van der Waals surface area contributed by atoms with Crippen LogP contribution in [0.1, 0.15) is 31.7 Å². The number of aliphatic carboxylic acids is 1. The Kier molecular flexibility index (Phi) is 6.15. The van der Waals surface area contributed by atoms with E-state index in [0.29, 0.717) is 6.42 Å². The minimum atomic E-state index is -4.11. The van der Waals surface area contributed by atoms with Crippen LogP contribution in [0.2, 0.25) is 5.02 Å². The van der Waals surface area contributed by atoms with Crippen molar-refractivity contribution in [3.05, 3.63) is 28.8 Å². The Morgan fingerprint density at radius 1 is 1.52 bits per heavy atom. The van der Waals surface area contributed by atoms with Gasteiger partial charge in [-0.25, -0.2) is 8.42 Å². The van der Waals surface area contributed by atoms with E-state index in [4.69, 9.17) is 22.0 Å². The van der Waals surface area contributed by atoms with Crippen LogP contribution in [0.5, 0.6) is 0 Å². The van der Waals surface area contributed by atoms with Gasteiger partial charge in [0.2, 0.25) is 10.0 Å². The van der Waals surface area contributed by atoms with E-state index in [1.54, 1.807) is 0 Å². The van der Waals surface area contributed by atoms with Crippen LogP contribution in [0.15, 0.2) is 23.1 Å². The van der Waals surface area contributed by atoms with E-state index >= 15 is 0 Å². The molecule has 0 aromatic heterocycles. The molecular formula is C13H15ClN2O4S. The van der Waals surface area contributed by atoms with Crippen LogP contribution in [0.3, 0.4) is 0 Å². The Labute approximate surface area is 128 Å². The van der Waals surface area contributed by atoms with Gasteiger partial charge in [0.1, 0.15) is 10.9 Å². The monoisotopic (exact) mass is 330 g/mol. The number of sulfonamides is 1. The summed E-state index contributed by atoms with van der Waals surface area (Å²) in [5, 5.41) is 17.8. The Bertz CT molecular complexity index is 667. The molecule has 0 heterocycles. The lowest BCUT2D eigenvalue weighted by atomic mass is 10.1. The van der Waals surface area contributed by atoms with Crippen molar-refractivity contribution in [2.24, 2.45) is 0 Å². The lowest BCUT2D eigenvalue weighted by Crippen LogP contribution is -2.40. The fourth-order valence-electron chi connectivity index (χ4n) is 1.67. The molecule has 0 saturated carbocycles. The molecule has 0 fully saturated rings. The van der Waals surface area contributed by atoms with E-state index in [9.17, 15) is 13.2 Å². The fraction of sp³-hybridized carbons (Fsp3) is 0.385. The number of benzene rings is 1. The fourth-order valence-corrected chi connectivity index (χ4v) is 3.42. The van der Waals surface area contributed by atoms with Crippen molar-refractivity contribution in [2.75, 3.05) is 0 Å². The number of carbonyl (C=O) groups is 1. The Balaban J connectivity index is 3.10. The normalized spacial score (nSPS) is 12.6. The van der Waals surface area contributed by atoms with E-state index in [2.05, 4.69) is 4.72 Å². The molecular weight excluding hydrogens is 316 g/mol. The third-order valence-corrected chi connectivity index (χ3v) is 4.74. The third kappa shape index (κ3) is 4.70. The van der Waals surface area contributed by atoms with Gasteiger partial charge in [-0.05, 0) is 24.6 Å². The zero-order valence-electron chi connectivity index (χ0n) is 11.3. The molecule has 0 amide bonds. The Morgan fingerprint density at radius 2 is 2.19 bits per heavy atom. The van der Waals surface area contributed by atoms with Gasteiger partial charge in [-0.15, -0.1) is 0 Å². The van der Waals surface area contributed by atoms with Gasteiger partial charge in [-0.3, -0.25) is 4.79 Å². The number of hydrogen-bond donors (Lipinski definition) is 2. The molecule has 1 atom stereocenters. The molecule has 0 aliphatic rings. The molecule has 21 heavy (non-hydrogen) atoms. The van der Waals surface area contributed by atoms with Crippen LogP contribution in [0.25, 0.3) is 0 Å². The number of nitrogens with zero attached hydrogens (tertiary/aromatic N) is 1. The van der Waals surface area contributed by atoms with Crippen LogP contribution in [0, 0.1) is 11.3 Å². The number of carboxylic acids is 1. The summed E-state index contributed by atoms with van der Waals surface area (Å²) in [7, 11) is -4.11. The predicted molar refractivity (Wildman–Crippen MR) is 77.4 cm³/mol. The molecule has 1 rings (SSSR count). The second-order valence-electron chi connectivity index (χ2n) is 4.41. The van der Waals surface area contributed by atoms with Crippen molar-refractivity contribution < 1.29 is 18.3 Å². The average Bonchev–Trinajstić information content (AvgIpc) is 2.43. The topological polar surface area (TPSA) is 107 Å². The summed E-state index contributed by atoms with van der Waals surface area (Å²) in [5.41, 5.74) is 0.125. The number of unbranched alkanes of at least 4 members (excludes halogenated alkanes) is 1. The summed E-state index contributed by atoms with van der Waals surface area (Å²) < 4.78 is 26.6. The van der Waals surface area contributed by atoms with Crippen LogP contribution in [-0.4, -0.2) is 25.5 Å². The molecule has 1 aromatic rings. The van der Waals surface area contributed by atoms with Crippen molar-refractivity contribution in [3.8, 4) is 6.07 Å². The first kappa shape index (κ1) is 17.4. The zero-order chi connectivity index (χ0) is 16.0. The van der Waals surface area contributed by atoms with Gasteiger partial charge in [0.25, 0.3) is 0 Å². The van der Waals surface area contributed by atoms with Gasteiger partial charge in [0.05, 0.1) is 16.7 Å². The van der Waals surface area contributed by atoms with Gasteiger partial charge in [-0.1, -0.05) is 31.4 Å². The van der Waals surface area contributed by atoms with Gasteiger partial charge in [0.15, 0.2) is 0 Å². The smallest absolute Gasteiger partial charge is 0.321 e. The quantitative estimate of drug-likeness (QED) is 0.796. The average molecular weight is 331 g/mol. The summed E-state index contributed by atoms with van der Waals surface area (Å²) in [6, 6.07) is 4.37.